The number of aliphatic hydroxyl groups excluding tert-OH is 2. The van der Waals surface area contributed by atoms with Crippen molar-refractivity contribution in [3.63, 3.8) is 0 Å². The van der Waals surface area contributed by atoms with Gasteiger partial charge in [-0.3, -0.25) is 14.2 Å². The number of hydrogen-bond acceptors (Lipinski definition) is 11. The zero-order valence-electron chi connectivity index (χ0n) is 26.2. The van der Waals surface area contributed by atoms with Gasteiger partial charge >= 0.3 is 0 Å². The summed E-state index contributed by atoms with van der Waals surface area (Å²) in [5.74, 6) is -0.164. The molecule has 2 aliphatic rings. The highest BCUT2D eigenvalue weighted by Crippen LogP contribution is 2.33. The third-order valence-corrected chi connectivity index (χ3v) is 8.68. The topological polar surface area (TPSA) is 176 Å². The number of aliphatic hydroxyl groups is 2. The Bertz CT molecular complexity index is 1960. The molecule has 0 spiro atoms. The number of benzene rings is 3. The van der Waals surface area contributed by atoms with Crippen molar-refractivity contribution >= 4 is 50.9 Å². The number of imidazole rings is 1. The van der Waals surface area contributed by atoms with Gasteiger partial charge in [0.05, 0.1) is 30.9 Å². The molecule has 14 nitrogen and oxygen atoms in total. The van der Waals surface area contributed by atoms with Crippen molar-refractivity contribution in [2.75, 3.05) is 48.4 Å². The fourth-order valence-electron chi connectivity index (χ4n) is 6.26. The molecule has 4 atom stereocenters. The molecule has 248 valence electrons. The molecule has 0 bridgehead atoms. The van der Waals surface area contributed by atoms with Crippen molar-refractivity contribution in [3.05, 3.63) is 84.4 Å². The first kappa shape index (κ1) is 31.4. The number of fused-ring (bicyclic) bond motifs is 2. The summed E-state index contributed by atoms with van der Waals surface area (Å²) in [6.07, 6.45) is -1.64. The average Bonchev–Trinajstić information content (AvgIpc) is 3.66. The summed E-state index contributed by atoms with van der Waals surface area (Å²) >= 11 is 0. The van der Waals surface area contributed by atoms with E-state index in [1.807, 2.05) is 18.2 Å². The van der Waals surface area contributed by atoms with Gasteiger partial charge in [0.15, 0.2) is 23.2 Å². The third kappa shape index (κ3) is 6.25. The lowest BCUT2D eigenvalue weighted by molar-refractivity contribution is -0.114. The maximum absolute atomic E-state index is 13.2. The number of morpholine rings is 1. The number of rotatable bonds is 9. The molecular formula is C34H36N8O6. The fraction of sp³-hybridized carbons (Fsp3) is 0.324. The van der Waals surface area contributed by atoms with E-state index in [9.17, 15) is 19.8 Å². The van der Waals surface area contributed by atoms with Crippen LogP contribution >= 0.6 is 0 Å². The molecule has 7 rings (SSSR count). The maximum atomic E-state index is 13.2. The van der Waals surface area contributed by atoms with E-state index in [2.05, 4.69) is 60.1 Å². The summed E-state index contributed by atoms with van der Waals surface area (Å²) in [6, 6.07) is 19.4. The van der Waals surface area contributed by atoms with Crippen molar-refractivity contribution < 1.29 is 29.3 Å². The Hall–Kier alpha value is -5.15. The molecule has 0 aliphatic carbocycles. The smallest absolute Gasteiger partial charge is 0.251 e. The molecular weight excluding hydrogens is 616 g/mol. The van der Waals surface area contributed by atoms with Crippen LogP contribution in [0.3, 0.4) is 0 Å². The lowest BCUT2D eigenvalue weighted by Gasteiger charge is -2.30. The Morgan fingerprint density at radius 3 is 2.62 bits per heavy atom. The van der Waals surface area contributed by atoms with E-state index in [-0.39, 0.29) is 12.5 Å². The first-order valence-corrected chi connectivity index (χ1v) is 15.8. The molecule has 2 aliphatic heterocycles. The third-order valence-electron chi connectivity index (χ3n) is 8.68. The predicted octanol–water partition coefficient (Wildman–Crippen LogP) is 2.44. The minimum atomic E-state index is -1.31. The molecule has 4 heterocycles. The minimum Gasteiger partial charge on any atom is -0.387 e. The van der Waals surface area contributed by atoms with Crippen LogP contribution < -0.4 is 20.9 Å². The van der Waals surface area contributed by atoms with Gasteiger partial charge in [0, 0.05) is 38.7 Å². The van der Waals surface area contributed by atoms with E-state index in [1.165, 1.54) is 19.6 Å². The Morgan fingerprint density at radius 1 is 0.979 bits per heavy atom. The van der Waals surface area contributed by atoms with Crippen molar-refractivity contribution in [2.24, 2.45) is 0 Å². The van der Waals surface area contributed by atoms with Gasteiger partial charge in [-0.15, -0.1) is 0 Å². The second-order valence-corrected chi connectivity index (χ2v) is 11.8. The Morgan fingerprint density at radius 2 is 1.79 bits per heavy atom. The van der Waals surface area contributed by atoms with Gasteiger partial charge in [-0.2, -0.15) is 0 Å². The number of carbonyl (C=O) groups excluding carboxylic acids is 2. The Balaban J connectivity index is 1.03. The van der Waals surface area contributed by atoms with Crippen LogP contribution in [0.1, 0.15) is 29.1 Å². The lowest BCUT2D eigenvalue weighted by Crippen LogP contribution is -2.40. The van der Waals surface area contributed by atoms with Crippen LogP contribution in [0.5, 0.6) is 0 Å². The van der Waals surface area contributed by atoms with E-state index < -0.39 is 30.4 Å². The van der Waals surface area contributed by atoms with Crippen molar-refractivity contribution in [1.82, 2.24) is 24.8 Å². The molecule has 3 aromatic carbocycles. The number of amides is 2. The standard InChI is InChI=1S/C34H36N8O6/c1-20(43)40-25-15-22(9-10-26(25)41-11-13-47-14-12-41)33(46)36-17-27-29(44)30(45)34(48-27)42-19-39-28-31(37-18-38-32(28)42)35-16-23-7-4-6-21-5-2-3-8-24(21)23/h2-10,15,18-19,27,29-30,34,44-45H,11-14,16-17H2,1H3,(H,36,46)(H,40,43)(H,35,37,38)/t27-,29-,30-,34-/m1/s1. The van der Waals surface area contributed by atoms with Crippen molar-refractivity contribution in [2.45, 2.75) is 38.0 Å². The van der Waals surface area contributed by atoms with Gasteiger partial charge in [-0.05, 0) is 34.5 Å². The molecule has 0 unspecified atom stereocenters. The quantitative estimate of drug-likeness (QED) is 0.158. The van der Waals surface area contributed by atoms with Gasteiger partial charge in [0.25, 0.3) is 5.91 Å². The Kier molecular flexibility index (Phi) is 8.86. The molecule has 48 heavy (non-hydrogen) atoms. The highest BCUT2D eigenvalue weighted by Gasteiger charge is 2.44. The summed E-state index contributed by atoms with van der Waals surface area (Å²) in [5, 5.41) is 33.1. The summed E-state index contributed by atoms with van der Waals surface area (Å²) in [7, 11) is 0. The number of ether oxygens (including phenoxy) is 2. The van der Waals surface area contributed by atoms with Crippen LogP contribution in [0, 0.1) is 0 Å². The predicted molar refractivity (Wildman–Crippen MR) is 179 cm³/mol. The SMILES string of the molecule is CC(=O)Nc1cc(C(=O)NC[C@H]2O[C@@H](n3cnc4c(NCc5cccc6ccccc56)ncnc43)[C@H](O)[C@@H]2O)ccc1N1CCOCC1. The molecule has 2 saturated heterocycles. The number of nitrogens with zero attached hydrogens (tertiary/aromatic N) is 5. The summed E-state index contributed by atoms with van der Waals surface area (Å²) in [5.41, 5.74) is 3.63. The number of carbonyl (C=O) groups is 2. The average molecular weight is 653 g/mol. The second kappa shape index (κ2) is 13.5. The fourth-order valence-corrected chi connectivity index (χ4v) is 6.26. The molecule has 2 fully saturated rings. The lowest BCUT2D eigenvalue weighted by atomic mass is 10.0. The van der Waals surface area contributed by atoms with Crippen LogP contribution in [-0.2, 0) is 20.8 Å². The highest BCUT2D eigenvalue weighted by molar-refractivity contribution is 5.99. The van der Waals surface area contributed by atoms with Crippen LogP contribution in [0.15, 0.2) is 73.3 Å². The zero-order chi connectivity index (χ0) is 33.2. The van der Waals surface area contributed by atoms with Gasteiger partial charge in [0.2, 0.25) is 5.91 Å². The van der Waals surface area contributed by atoms with E-state index in [0.29, 0.717) is 61.1 Å². The van der Waals surface area contributed by atoms with E-state index >= 15 is 0 Å². The maximum Gasteiger partial charge on any atom is 0.251 e. The molecule has 5 aromatic rings. The monoisotopic (exact) mass is 652 g/mol. The molecule has 5 N–H and O–H groups in total. The highest BCUT2D eigenvalue weighted by atomic mass is 16.6. The normalized spacial score (nSPS) is 21.0. The van der Waals surface area contributed by atoms with Crippen molar-refractivity contribution in [1.29, 1.82) is 0 Å². The summed E-state index contributed by atoms with van der Waals surface area (Å²) < 4.78 is 13.1. The molecule has 2 aromatic heterocycles. The van der Waals surface area contributed by atoms with E-state index in [0.717, 1.165) is 22.0 Å². The van der Waals surface area contributed by atoms with Crippen LogP contribution in [0.25, 0.3) is 21.9 Å². The van der Waals surface area contributed by atoms with E-state index in [4.69, 9.17) is 9.47 Å². The number of hydrogen-bond donors (Lipinski definition) is 5. The van der Waals surface area contributed by atoms with Crippen LogP contribution in [-0.4, -0.2) is 92.7 Å². The van der Waals surface area contributed by atoms with Gasteiger partial charge in [0.1, 0.15) is 24.6 Å². The first-order chi connectivity index (χ1) is 23.4. The Labute approximate surface area is 275 Å². The molecule has 0 radical (unpaired) electrons. The second-order valence-electron chi connectivity index (χ2n) is 11.8. The van der Waals surface area contributed by atoms with Gasteiger partial charge in [-0.1, -0.05) is 42.5 Å². The van der Waals surface area contributed by atoms with E-state index in [1.54, 1.807) is 22.8 Å². The van der Waals surface area contributed by atoms with Gasteiger partial charge in [-0.25, -0.2) is 15.0 Å². The summed E-state index contributed by atoms with van der Waals surface area (Å²) in [4.78, 5) is 40.5. The molecule has 14 heteroatoms. The molecule has 0 saturated carbocycles. The number of nitrogens with one attached hydrogen (secondary N) is 3. The first-order valence-electron chi connectivity index (χ1n) is 15.8. The van der Waals surface area contributed by atoms with Crippen molar-refractivity contribution in [3.8, 4) is 0 Å². The van der Waals surface area contributed by atoms with Gasteiger partial charge < -0.3 is 40.5 Å². The zero-order valence-corrected chi connectivity index (χ0v) is 26.2. The molecule has 2 amide bonds. The number of anilines is 3. The van der Waals surface area contributed by atoms with Crippen LogP contribution in [0.4, 0.5) is 17.2 Å². The minimum absolute atomic E-state index is 0.0757. The summed E-state index contributed by atoms with van der Waals surface area (Å²) in [6.45, 7) is 4.32. The van der Waals surface area contributed by atoms with Crippen LogP contribution in [0.2, 0.25) is 0 Å². The largest absolute Gasteiger partial charge is 0.387 e. The number of aromatic nitrogens is 4.